The van der Waals surface area contributed by atoms with Crippen molar-refractivity contribution in [3.8, 4) is 17.2 Å². The average Bonchev–Trinajstić information content (AvgIpc) is 2.80. The number of rotatable bonds is 7. The van der Waals surface area contributed by atoms with E-state index in [0.717, 1.165) is 11.3 Å². The minimum atomic E-state index is -0.499. The summed E-state index contributed by atoms with van der Waals surface area (Å²) >= 11 is 5.19. The van der Waals surface area contributed by atoms with E-state index in [4.69, 9.17) is 26.4 Å². The minimum absolute atomic E-state index is 0.354. The molecule has 0 fully saturated rings. The molecular weight excluding hydrogens is 414 g/mol. The van der Waals surface area contributed by atoms with Crippen LogP contribution in [0.2, 0.25) is 0 Å². The molecule has 0 aliphatic carbocycles. The highest BCUT2D eigenvalue weighted by atomic mass is 32.1. The Hall–Kier alpha value is -3.91. The van der Waals surface area contributed by atoms with Crippen LogP contribution >= 0.6 is 12.2 Å². The SMILES string of the molecule is COc1ccc(C(=O)Oc2ccc(C=NNC(=S)Nc3ccccc3)cc2)cc1OC. The van der Waals surface area contributed by atoms with Crippen LogP contribution in [0.25, 0.3) is 0 Å². The number of nitrogens with one attached hydrogen (secondary N) is 2. The van der Waals surface area contributed by atoms with E-state index in [2.05, 4.69) is 15.8 Å². The van der Waals surface area contributed by atoms with Crippen LogP contribution in [0.15, 0.2) is 77.9 Å². The number of methoxy groups -OCH3 is 2. The fraction of sp³-hybridized carbons (Fsp3) is 0.0870. The van der Waals surface area contributed by atoms with Gasteiger partial charge in [0.25, 0.3) is 0 Å². The van der Waals surface area contributed by atoms with Crippen LogP contribution < -0.4 is 25.0 Å². The highest BCUT2D eigenvalue weighted by molar-refractivity contribution is 7.80. The van der Waals surface area contributed by atoms with Crippen LogP contribution in [-0.4, -0.2) is 31.5 Å². The summed E-state index contributed by atoms with van der Waals surface area (Å²) in [6, 6.07) is 21.3. The van der Waals surface area contributed by atoms with Gasteiger partial charge in [0.1, 0.15) is 5.75 Å². The van der Waals surface area contributed by atoms with Gasteiger partial charge in [-0.2, -0.15) is 5.10 Å². The summed E-state index contributed by atoms with van der Waals surface area (Å²) in [5.74, 6) is 0.901. The number of nitrogens with zero attached hydrogens (tertiary/aromatic N) is 1. The standard InChI is InChI=1S/C23H21N3O4S/c1-28-20-13-10-17(14-21(20)29-2)22(27)30-19-11-8-16(9-12-19)15-24-26-23(31)25-18-6-4-3-5-7-18/h3-15H,1-2H3,(H2,25,26,31). The molecule has 0 heterocycles. The molecule has 8 heteroatoms. The molecule has 0 bridgehead atoms. The smallest absolute Gasteiger partial charge is 0.343 e. The van der Waals surface area contributed by atoms with Crippen molar-refractivity contribution < 1.29 is 19.0 Å². The van der Waals surface area contributed by atoms with Crippen molar-refractivity contribution in [3.63, 3.8) is 0 Å². The monoisotopic (exact) mass is 435 g/mol. The normalized spacial score (nSPS) is 10.4. The number of carbonyl (C=O) groups is 1. The van der Waals surface area contributed by atoms with E-state index in [1.54, 1.807) is 48.7 Å². The Morgan fingerprint density at radius 2 is 1.65 bits per heavy atom. The number of para-hydroxylation sites is 1. The fourth-order valence-corrected chi connectivity index (χ4v) is 2.77. The molecule has 3 rings (SSSR count). The van der Waals surface area contributed by atoms with E-state index < -0.39 is 5.97 Å². The van der Waals surface area contributed by atoms with Crippen LogP contribution in [0.4, 0.5) is 5.69 Å². The van der Waals surface area contributed by atoms with Gasteiger partial charge in [-0.25, -0.2) is 4.79 Å². The molecule has 158 valence electrons. The van der Waals surface area contributed by atoms with Gasteiger partial charge in [-0.3, -0.25) is 5.43 Å². The first-order chi connectivity index (χ1) is 15.1. The van der Waals surface area contributed by atoms with Gasteiger partial charge in [-0.05, 0) is 72.4 Å². The first-order valence-corrected chi connectivity index (χ1v) is 9.69. The number of anilines is 1. The quantitative estimate of drug-likeness (QED) is 0.189. The van der Waals surface area contributed by atoms with E-state index in [-0.39, 0.29) is 0 Å². The van der Waals surface area contributed by atoms with Crippen LogP contribution in [0, 0.1) is 0 Å². The lowest BCUT2D eigenvalue weighted by atomic mass is 10.2. The lowest BCUT2D eigenvalue weighted by Crippen LogP contribution is -2.23. The predicted octanol–water partition coefficient (Wildman–Crippen LogP) is 4.24. The third kappa shape index (κ3) is 6.28. The Kier molecular flexibility index (Phi) is 7.56. The number of hydrogen-bond donors (Lipinski definition) is 2. The van der Waals surface area contributed by atoms with Crippen LogP contribution in [-0.2, 0) is 0 Å². The highest BCUT2D eigenvalue weighted by Crippen LogP contribution is 2.28. The molecular formula is C23H21N3O4S. The number of hydrazone groups is 1. The van der Waals surface area contributed by atoms with E-state index in [9.17, 15) is 4.79 Å². The first kappa shape index (κ1) is 21.8. The Balaban J connectivity index is 1.54. The number of benzene rings is 3. The summed E-state index contributed by atoms with van der Waals surface area (Å²) in [7, 11) is 3.04. The lowest BCUT2D eigenvalue weighted by molar-refractivity contribution is 0.0734. The van der Waals surface area contributed by atoms with Gasteiger partial charge in [-0.1, -0.05) is 18.2 Å². The van der Waals surface area contributed by atoms with Crippen molar-refractivity contribution in [2.45, 2.75) is 0 Å². The van der Waals surface area contributed by atoms with Crippen molar-refractivity contribution in [3.05, 3.63) is 83.9 Å². The Bertz CT molecular complexity index is 1070. The van der Waals surface area contributed by atoms with Crippen molar-refractivity contribution >= 4 is 35.2 Å². The van der Waals surface area contributed by atoms with Gasteiger partial charge >= 0.3 is 5.97 Å². The minimum Gasteiger partial charge on any atom is -0.493 e. The maximum atomic E-state index is 12.4. The maximum absolute atomic E-state index is 12.4. The van der Waals surface area contributed by atoms with Gasteiger partial charge in [-0.15, -0.1) is 0 Å². The third-order valence-electron chi connectivity index (χ3n) is 4.12. The van der Waals surface area contributed by atoms with Crippen molar-refractivity contribution in [2.24, 2.45) is 5.10 Å². The van der Waals surface area contributed by atoms with Gasteiger partial charge in [0.2, 0.25) is 0 Å². The van der Waals surface area contributed by atoms with E-state index >= 15 is 0 Å². The second kappa shape index (κ2) is 10.7. The molecule has 2 N–H and O–H groups in total. The van der Waals surface area contributed by atoms with Gasteiger partial charge < -0.3 is 19.5 Å². The molecule has 0 atom stereocenters. The predicted molar refractivity (Wildman–Crippen MR) is 124 cm³/mol. The molecule has 0 aliphatic heterocycles. The van der Waals surface area contributed by atoms with Crippen LogP contribution in [0.1, 0.15) is 15.9 Å². The lowest BCUT2D eigenvalue weighted by Gasteiger charge is -2.09. The number of ether oxygens (including phenoxy) is 3. The van der Waals surface area contributed by atoms with Crippen LogP contribution in [0.5, 0.6) is 17.2 Å². The molecule has 7 nitrogen and oxygen atoms in total. The molecule has 0 aromatic heterocycles. The molecule has 3 aromatic rings. The summed E-state index contributed by atoms with van der Waals surface area (Å²) in [6.07, 6.45) is 1.61. The average molecular weight is 436 g/mol. The number of esters is 1. The number of thiocarbonyl (C=S) groups is 1. The van der Waals surface area contributed by atoms with E-state index in [1.807, 2.05) is 30.3 Å². The second-order valence-corrected chi connectivity index (χ2v) is 6.63. The molecule has 0 saturated heterocycles. The highest BCUT2D eigenvalue weighted by Gasteiger charge is 2.12. The summed E-state index contributed by atoms with van der Waals surface area (Å²) in [6.45, 7) is 0. The summed E-state index contributed by atoms with van der Waals surface area (Å²) < 4.78 is 15.8. The molecule has 31 heavy (non-hydrogen) atoms. The summed E-state index contributed by atoms with van der Waals surface area (Å²) in [4.78, 5) is 12.4. The van der Waals surface area contributed by atoms with Crippen molar-refractivity contribution in [1.82, 2.24) is 5.43 Å². The fourth-order valence-electron chi connectivity index (χ4n) is 2.60. The number of hydrogen-bond acceptors (Lipinski definition) is 6. The maximum Gasteiger partial charge on any atom is 0.343 e. The van der Waals surface area contributed by atoms with E-state index in [1.165, 1.54) is 14.2 Å². The molecule has 0 saturated carbocycles. The molecule has 3 aromatic carbocycles. The van der Waals surface area contributed by atoms with Crippen molar-refractivity contribution in [1.29, 1.82) is 0 Å². The van der Waals surface area contributed by atoms with Gasteiger partial charge in [0, 0.05) is 5.69 Å². The largest absolute Gasteiger partial charge is 0.493 e. The molecule has 0 amide bonds. The Labute approximate surface area is 185 Å². The Morgan fingerprint density at radius 1 is 0.935 bits per heavy atom. The number of carbonyl (C=O) groups excluding carboxylic acids is 1. The summed E-state index contributed by atoms with van der Waals surface area (Å²) in [5.41, 5.74) is 4.78. The first-order valence-electron chi connectivity index (χ1n) is 9.28. The Morgan fingerprint density at radius 3 is 2.32 bits per heavy atom. The van der Waals surface area contributed by atoms with Crippen molar-refractivity contribution in [2.75, 3.05) is 19.5 Å². The molecule has 0 aliphatic rings. The van der Waals surface area contributed by atoms with Gasteiger partial charge in [0.15, 0.2) is 16.6 Å². The second-order valence-electron chi connectivity index (χ2n) is 6.22. The summed E-state index contributed by atoms with van der Waals surface area (Å²) in [5, 5.41) is 7.50. The third-order valence-corrected chi connectivity index (χ3v) is 4.31. The van der Waals surface area contributed by atoms with Gasteiger partial charge in [0.05, 0.1) is 26.0 Å². The molecule has 0 unspecified atom stereocenters. The topological polar surface area (TPSA) is 81.2 Å². The molecule has 0 radical (unpaired) electrons. The zero-order valence-electron chi connectivity index (χ0n) is 17.0. The van der Waals surface area contributed by atoms with E-state index in [0.29, 0.717) is 27.9 Å². The van der Waals surface area contributed by atoms with Crippen LogP contribution in [0.3, 0.4) is 0 Å². The zero-order chi connectivity index (χ0) is 22.1. The molecule has 0 spiro atoms. The zero-order valence-corrected chi connectivity index (χ0v) is 17.8.